The van der Waals surface area contributed by atoms with Gasteiger partial charge in [-0.1, -0.05) is 58.4 Å². The molecule has 4 aromatic rings. The third kappa shape index (κ3) is 3.34. The van der Waals surface area contributed by atoms with E-state index >= 15 is 0 Å². The number of aromatic nitrogens is 1. The van der Waals surface area contributed by atoms with Crippen LogP contribution in [-0.4, -0.2) is 11.5 Å². The van der Waals surface area contributed by atoms with E-state index in [-0.39, 0.29) is 6.04 Å². The van der Waals surface area contributed by atoms with Gasteiger partial charge >= 0.3 is 0 Å². The number of nitrogens with one attached hydrogen (secondary N) is 2. The Hall–Kier alpha value is -2.56. The molecule has 0 saturated heterocycles. The van der Waals surface area contributed by atoms with Crippen molar-refractivity contribution in [3.8, 4) is 5.75 Å². The molecule has 1 atom stereocenters. The number of rotatable bonds is 4. The molecule has 0 radical (unpaired) electrons. The Morgan fingerprint density at radius 3 is 2.61 bits per heavy atom. The zero-order valence-electron chi connectivity index (χ0n) is 15.4. The maximum Gasteiger partial charge on any atom is 0.119 e. The first kappa shape index (κ1) is 17.5. The third-order valence-electron chi connectivity index (χ3n) is 5.38. The number of benzene rings is 3. The van der Waals surface area contributed by atoms with Crippen LogP contribution in [-0.2, 0) is 13.0 Å². The van der Waals surface area contributed by atoms with Gasteiger partial charge in [0.1, 0.15) is 12.4 Å². The van der Waals surface area contributed by atoms with Crippen LogP contribution in [0.3, 0.4) is 0 Å². The molecular weight excluding hydrogens is 412 g/mol. The number of hydrogen-bond acceptors (Lipinski definition) is 2. The summed E-state index contributed by atoms with van der Waals surface area (Å²) in [7, 11) is 0. The molecule has 28 heavy (non-hydrogen) atoms. The van der Waals surface area contributed by atoms with E-state index in [9.17, 15) is 0 Å². The van der Waals surface area contributed by atoms with Crippen molar-refractivity contribution < 1.29 is 4.74 Å². The smallest absolute Gasteiger partial charge is 0.119 e. The molecule has 1 aliphatic rings. The van der Waals surface area contributed by atoms with E-state index in [1.807, 2.05) is 18.2 Å². The molecule has 0 aliphatic carbocycles. The first-order valence-electron chi connectivity index (χ1n) is 9.58. The minimum atomic E-state index is 0.179. The fourth-order valence-corrected chi connectivity index (χ4v) is 4.34. The highest BCUT2D eigenvalue weighted by Gasteiger charge is 2.25. The lowest BCUT2D eigenvalue weighted by atomic mass is 9.94. The summed E-state index contributed by atoms with van der Waals surface area (Å²) >= 11 is 3.60. The standard InChI is InChI=1S/C24H21BrN2O/c25-18-8-11-22-21(14-18)20-12-13-26-23(24(20)27-22)17-6-9-19(10-7-17)28-15-16-4-2-1-3-5-16/h1-11,14,23,26-27H,12-13,15H2. The third-order valence-corrected chi connectivity index (χ3v) is 5.87. The Morgan fingerprint density at radius 2 is 1.79 bits per heavy atom. The van der Waals surface area contributed by atoms with E-state index in [0.29, 0.717) is 6.61 Å². The van der Waals surface area contributed by atoms with Crippen LogP contribution >= 0.6 is 15.9 Å². The van der Waals surface area contributed by atoms with E-state index in [0.717, 1.165) is 23.2 Å². The van der Waals surface area contributed by atoms with Crippen LogP contribution < -0.4 is 10.1 Å². The van der Waals surface area contributed by atoms with Gasteiger partial charge in [-0.15, -0.1) is 0 Å². The largest absolute Gasteiger partial charge is 0.489 e. The van der Waals surface area contributed by atoms with Gasteiger partial charge in [-0.3, -0.25) is 0 Å². The van der Waals surface area contributed by atoms with Crippen LogP contribution in [0.25, 0.3) is 10.9 Å². The molecule has 1 aromatic heterocycles. The molecule has 1 aliphatic heterocycles. The molecule has 0 saturated carbocycles. The minimum absolute atomic E-state index is 0.179. The van der Waals surface area contributed by atoms with E-state index in [4.69, 9.17) is 4.74 Å². The molecule has 0 spiro atoms. The molecule has 2 N–H and O–H groups in total. The second-order valence-corrected chi connectivity index (χ2v) is 8.10. The number of fused-ring (bicyclic) bond motifs is 3. The molecule has 4 heteroatoms. The van der Waals surface area contributed by atoms with Gasteiger partial charge in [0.15, 0.2) is 0 Å². The number of H-pyrrole nitrogens is 1. The van der Waals surface area contributed by atoms with Crippen LogP contribution in [0, 0.1) is 0 Å². The molecule has 3 nitrogen and oxygen atoms in total. The maximum atomic E-state index is 5.93. The predicted molar refractivity (Wildman–Crippen MR) is 117 cm³/mol. The van der Waals surface area contributed by atoms with Crippen molar-refractivity contribution in [2.75, 3.05) is 6.54 Å². The van der Waals surface area contributed by atoms with E-state index < -0.39 is 0 Å². The summed E-state index contributed by atoms with van der Waals surface area (Å²) < 4.78 is 7.05. The number of aromatic amines is 1. The van der Waals surface area contributed by atoms with Gasteiger partial charge in [0.25, 0.3) is 0 Å². The Balaban J connectivity index is 1.39. The minimum Gasteiger partial charge on any atom is -0.489 e. The van der Waals surface area contributed by atoms with Crippen LogP contribution in [0.1, 0.15) is 28.4 Å². The highest BCUT2D eigenvalue weighted by molar-refractivity contribution is 9.10. The number of hydrogen-bond donors (Lipinski definition) is 2. The summed E-state index contributed by atoms with van der Waals surface area (Å²) in [6, 6.07) is 25.3. The van der Waals surface area contributed by atoms with Gasteiger partial charge in [0, 0.05) is 27.6 Å². The first-order chi connectivity index (χ1) is 13.8. The van der Waals surface area contributed by atoms with Crippen molar-refractivity contribution in [1.29, 1.82) is 0 Å². The van der Waals surface area contributed by atoms with Crippen LogP contribution in [0.4, 0.5) is 0 Å². The van der Waals surface area contributed by atoms with E-state index in [1.165, 1.54) is 33.3 Å². The predicted octanol–water partition coefficient (Wildman–Crippen LogP) is 5.74. The topological polar surface area (TPSA) is 37.0 Å². The monoisotopic (exact) mass is 432 g/mol. The van der Waals surface area contributed by atoms with Crippen molar-refractivity contribution in [2.45, 2.75) is 19.1 Å². The summed E-state index contributed by atoms with van der Waals surface area (Å²) in [5.74, 6) is 0.893. The summed E-state index contributed by atoms with van der Waals surface area (Å²) in [6.45, 7) is 1.56. The van der Waals surface area contributed by atoms with Gasteiger partial charge in [-0.25, -0.2) is 0 Å². The van der Waals surface area contributed by atoms with E-state index in [2.05, 4.69) is 80.8 Å². The van der Waals surface area contributed by atoms with Gasteiger partial charge in [0.05, 0.1) is 6.04 Å². The van der Waals surface area contributed by atoms with Crippen LogP contribution in [0.5, 0.6) is 5.75 Å². The van der Waals surface area contributed by atoms with Crippen molar-refractivity contribution >= 4 is 26.8 Å². The average Bonchev–Trinajstić information content (AvgIpc) is 3.11. The van der Waals surface area contributed by atoms with Crippen molar-refractivity contribution in [3.63, 3.8) is 0 Å². The Labute approximate surface area is 172 Å². The highest BCUT2D eigenvalue weighted by Crippen LogP contribution is 2.35. The van der Waals surface area contributed by atoms with Crippen LogP contribution in [0.2, 0.25) is 0 Å². The SMILES string of the molecule is Brc1ccc2[nH]c3c(c2c1)CCNC3c1ccc(OCc2ccccc2)cc1. The number of ether oxygens (including phenoxy) is 1. The van der Waals surface area contributed by atoms with Gasteiger partial charge in [-0.05, 0) is 53.4 Å². The highest BCUT2D eigenvalue weighted by atomic mass is 79.9. The molecule has 0 amide bonds. The Kier molecular flexibility index (Phi) is 4.67. The molecule has 0 fully saturated rings. The van der Waals surface area contributed by atoms with Gasteiger partial charge < -0.3 is 15.0 Å². The Bertz CT molecular complexity index is 1100. The Morgan fingerprint density at radius 1 is 0.964 bits per heavy atom. The lowest BCUT2D eigenvalue weighted by Gasteiger charge is -2.25. The molecule has 2 heterocycles. The molecule has 1 unspecified atom stereocenters. The second kappa shape index (κ2) is 7.46. The average molecular weight is 433 g/mol. The molecule has 5 rings (SSSR count). The van der Waals surface area contributed by atoms with Crippen LogP contribution in [0.15, 0.2) is 77.3 Å². The fraction of sp³-hybridized carbons (Fsp3) is 0.167. The zero-order chi connectivity index (χ0) is 18.9. The lowest BCUT2D eigenvalue weighted by molar-refractivity contribution is 0.306. The van der Waals surface area contributed by atoms with Crippen molar-refractivity contribution in [1.82, 2.24) is 10.3 Å². The normalized spacial score (nSPS) is 16.1. The van der Waals surface area contributed by atoms with Crippen molar-refractivity contribution in [2.24, 2.45) is 0 Å². The van der Waals surface area contributed by atoms with Gasteiger partial charge in [0.2, 0.25) is 0 Å². The fourth-order valence-electron chi connectivity index (χ4n) is 3.98. The second-order valence-electron chi connectivity index (χ2n) is 7.19. The number of halogens is 1. The molecular formula is C24H21BrN2O. The summed E-state index contributed by atoms with van der Waals surface area (Å²) in [6.07, 6.45) is 1.04. The summed E-state index contributed by atoms with van der Waals surface area (Å²) in [5.41, 5.74) is 6.32. The molecule has 0 bridgehead atoms. The summed E-state index contributed by atoms with van der Waals surface area (Å²) in [4.78, 5) is 3.64. The zero-order valence-corrected chi connectivity index (χ0v) is 17.0. The molecule has 3 aromatic carbocycles. The van der Waals surface area contributed by atoms with Gasteiger partial charge in [-0.2, -0.15) is 0 Å². The maximum absolute atomic E-state index is 5.93. The van der Waals surface area contributed by atoms with Crippen molar-refractivity contribution in [3.05, 3.63) is 99.7 Å². The quantitative estimate of drug-likeness (QED) is 0.431. The first-order valence-corrected chi connectivity index (χ1v) is 10.4. The van der Waals surface area contributed by atoms with E-state index in [1.54, 1.807) is 0 Å². The molecule has 140 valence electrons. The summed E-state index contributed by atoms with van der Waals surface area (Å²) in [5, 5.41) is 4.98. The lowest BCUT2D eigenvalue weighted by Crippen LogP contribution is -2.30.